The minimum absolute atomic E-state index is 0.213. The van der Waals surface area contributed by atoms with Crippen LogP contribution in [0.3, 0.4) is 0 Å². The van der Waals surface area contributed by atoms with E-state index in [2.05, 4.69) is 16.6 Å². The molecule has 0 unspecified atom stereocenters. The number of hydrogen-bond acceptors (Lipinski definition) is 3. The van der Waals surface area contributed by atoms with E-state index in [9.17, 15) is 13.2 Å². The molecule has 106 valence electrons. The second kappa shape index (κ2) is 5.34. The SMILES string of the molecule is Cc1cc(NS(=O)(=O)N2CCC(C)CC2)c[nH]c1=O. The summed E-state index contributed by atoms with van der Waals surface area (Å²) >= 11 is 0. The van der Waals surface area contributed by atoms with Gasteiger partial charge in [-0.2, -0.15) is 12.7 Å². The molecule has 1 aromatic heterocycles. The highest BCUT2D eigenvalue weighted by Crippen LogP contribution is 2.20. The maximum absolute atomic E-state index is 12.2. The van der Waals surface area contributed by atoms with Gasteiger partial charge in [-0.25, -0.2) is 0 Å². The summed E-state index contributed by atoms with van der Waals surface area (Å²) in [5, 5.41) is 0. The van der Waals surface area contributed by atoms with Crippen LogP contribution in [-0.4, -0.2) is 30.8 Å². The third-order valence-electron chi connectivity index (χ3n) is 3.42. The monoisotopic (exact) mass is 285 g/mol. The van der Waals surface area contributed by atoms with Crippen LogP contribution < -0.4 is 10.3 Å². The summed E-state index contributed by atoms with van der Waals surface area (Å²) in [6, 6.07) is 1.53. The zero-order chi connectivity index (χ0) is 14.0. The van der Waals surface area contributed by atoms with E-state index in [1.165, 1.54) is 16.6 Å². The van der Waals surface area contributed by atoms with Crippen LogP contribution in [0.4, 0.5) is 5.69 Å². The van der Waals surface area contributed by atoms with Crippen molar-refractivity contribution in [3.05, 3.63) is 28.2 Å². The number of aromatic amines is 1. The third kappa shape index (κ3) is 3.36. The molecule has 6 nitrogen and oxygen atoms in total. The van der Waals surface area contributed by atoms with Crippen molar-refractivity contribution in [1.29, 1.82) is 0 Å². The largest absolute Gasteiger partial charge is 0.327 e. The molecular formula is C12H19N3O3S. The van der Waals surface area contributed by atoms with Crippen molar-refractivity contribution in [2.45, 2.75) is 26.7 Å². The molecule has 1 fully saturated rings. The molecule has 2 rings (SSSR count). The van der Waals surface area contributed by atoms with E-state index < -0.39 is 10.2 Å². The van der Waals surface area contributed by atoms with E-state index in [0.29, 0.717) is 30.3 Å². The Labute approximate surface area is 113 Å². The Kier molecular flexibility index (Phi) is 3.96. The Morgan fingerprint density at radius 2 is 2.00 bits per heavy atom. The Morgan fingerprint density at radius 1 is 1.37 bits per heavy atom. The molecule has 1 saturated heterocycles. The molecule has 0 bridgehead atoms. The van der Waals surface area contributed by atoms with Gasteiger partial charge in [0.2, 0.25) is 0 Å². The van der Waals surface area contributed by atoms with Gasteiger partial charge in [0, 0.05) is 24.8 Å². The lowest BCUT2D eigenvalue weighted by atomic mass is 10.0. The van der Waals surface area contributed by atoms with Gasteiger partial charge in [0.25, 0.3) is 5.56 Å². The van der Waals surface area contributed by atoms with Gasteiger partial charge in [0.1, 0.15) is 0 Å². The normalized spacial score (nSPS) is 18.4. The average molecular weight is 285 g/mol. The highest BCUT2D eigenvalue weighted by atomic mass is 32.2. The topological polar surface area (TPSA) is 82.3 Å². The van der Waals surface area contributed by atoms with Gasteiger partial charge in [0.05, 0.1) is 5.69 Å². The summed E-state index contributed by atoms with van der Waals surface area (Å²) in [5.41, 5.74) is 0.651. The average Bonchev–Trinajstić information content (AvgIpc) is 2.34. The predicted molar refractivity (Wildman–Crippen MR) is 74.3 cm³/mol. The lowest BCUT2D eigenvalue weighted by Crippen LogP contribution is -2.41. The lowest BCUT2D eigenvalue weighted by Gasteiger charge is -2.29. The molecule has 2 N–H and O–H groups in total. The molecule has 0 aliphatic carbocycles. The van der Waals surface area contributed by atoms with Crippen molar-refractivity contribution in [2.24, 2.45) is 5.92 Å². The van der Waals surface area contributed by atoms with Gasteiger partial charge in [-0.3, -0.25) is 9.52 Å². The standard InChI is InChI=1S/C12H19N3O3S/c1-9-3-5-15(6-4-9)19(17,18)14-11-7-10(2)12(16)13-8-11/h7-9,14H,3-6H2,1-2H3,(H,13,16). The molecule has 1 aliphatic rings. The summed E-state index contributed by atoms with van der Waals surface area (Å²) in [6.45, 7) is 4.85. The van der Waals surface area contributed by atoms with E-state index in [4.69, 9.17) is 0 Å². The summed E-state index contributed by atoms with van der Waals surface area (Å²) in [7, 11) is -3.53. The number of anilines is 1. The lowest BCUT2D eigenvalue weighted by molar-refractivity contribution is 0.289. The molecule has 2 heterocycles. The van der Waals surface area contributed by atoms with Gasteiger partial charge >= 0.3 is 10.2 Å². The highest BCUT2D eigenvalue weighted by Gasteiger charge is 2.26. The minimum Gasteiger partial charge on any atom is -0.327 e. The van der Waals surface area contributed by atoms with E-state index in [0.717, 1.165) is 12.8 Å². The molecule has 7 heteroatoms. The van der Waals surface area contributed by atoms with E-state index in [-0.39, 0.29) is 5.56 Å². The maximum atomic E-state index is 12.2. The van der Waals surface area contributed by atoms with Crippen LogP contribution in [0, 0.1) is 12.8 Å². The van der Waals surface area contributed by atoms with Crippen LogP contribution in [0.15, 0.2) is 17.1 Å². The number of nitrogens with zero attached hydrogens (tertiary/aromatic N) is 1. The summed E-state index contributed by atoms with van der Waals surface area (Å²) in [5.74, 6) is 0.571. The van der Waals surface area contributed by atoms with Gasteiger partial charge in [-0.15, -0.1) is 0 Å². The van der Waals surface area contributed by atoms with Crippen molar-refractivity contribution in [3.8, 4) is 0 Å². The first-order chi connectivity index (χ1) is 8.88. The van der Waals surface area contributed by atoms with Crippen molar-refractivity contribution < 1.29 is 8.42 Å². The number of piperidine rings is 1. The van der Waals surface area contributed by atoms with Gasteiger partial charge < -0.3 is 4.98 Å². The second-order valence-corrected chi connectivity index (χ2v) is 6.76. The number of aryl methyl sites for hydroxylation is 1. The summed E-state index contributed by atoms with van der Waals surface area (Å²) in [6.07, 6.45) is 3.14. The van der Waals surface area contributed by atoms with Crippen LogP contribution in [0.25, 0.3) is 0 Å². The number of hydrogen-bond donors (Lipinski definition) is 2. The molecule has 0 aromatic carbocycles. The Balaban J connectivity index is 2.12. The predicted octanol–water partition coefficient (Wildman–Crippen LogP) is 1.07. The molecular weight excluding hydrogens is 266 g/mol. The summed E-state index contributed by atoms with van der Waals surface area (Å²) < 4.78 is 28.3. The van der Waals surface area contributed by atoms with Crippen molar-refractivity contribution in [3.63, 3.8) is 0 Å². The molecule has 0 radical (unpaired) electrons. The first-order valence-corrected chi connectivity index (χ1v) is 7.80. The molecule has 1 aliphatic heterocycles. The molecule has 0 spiro atoms. The first kappa shape index (κ1) is 14.1. The zero-order valence-electron chi connectivity index (χ0n) is 11.1. The van der Waals surface area contributed by atoms with E-state index >= 15 is 0 Å². The first-order valence-electron chi connectivity index (χ1n) is 6.36. The van der Waals surface area contributed by atoms with Crippen LogP contribution in [0.1, 0.15) is 25.3 Å². The molecule has 0 saturated carbocycles. The van der Waals surface area contributed by atoms with Gasteiger partial charge in [-0.05, 0) is 31.7 Å². The number of H-pyrrole nitrogens is 1. The fraction of sp³-hybridized carbons (Fsp3) is 0.583. The quantitative estimate of drug-likeness (QED) is 0.871. The number of aromatic nitrogens is 1. The smallest absolute Gasteiger partial charge is 0.301 e. The Bertz CT molecular complexity index is 601. The van der Waals surface area contributed by atoms with Crippen LogP contribution in [0.5, 0.6) is 0 Å². The number of nitrogens with one attached hydrogen (secondary N) is 2. The van der Waals surface area contributed by atoms with Crippen molar-refractivity contribution in [2.75, 3.05) is 17.8 Å². The third-order valence-corrected chi connectivity index (χ3v) is 4.96. The van der Waals surface area contributed by atoms with Crippen LogP contribution in [0.2, 0.25) is 0 Å². The highest BCUT2D eigenvalue weighted by molar-refractivity contribution is 7.90. The van der Waals surface area contributed by atoms with Crippen molar-refractivity contribution >= 4 is 15.9 Å². The van der Waals surface area contributed by atoms with E-state index in [1.807, 2.05) is 0 Å². The zero-order valence-corrected chi connectivity index (χ0v) is 12.0. The van der Waals surface area contributed by atoms with Crippen LogP contribution in [-0.2, 0) is 10.2 Å². The number of rotatable bonds is 3. The van der Waals surface area contributed by atoms with Gasteiger partial charge in [0.15, 0.2) is 0 Å². The maximum Gasteiger partial charge on any atom is 0.301 e. The fourth-order valence-corrected chi connectivity index (χ4v) is 3.33. The molecule has 19 heavy (non-hydrogen) atoms. The van der Waals surface area contributed by atoms with Crippen LogP contribution >= 0.6 is 0 Å². The minimum atomic E-state index is -3.53. The van der Waals surface area contributed by atoms with Gasteiger partial charge in [-0.1, -0.05) is 6.92 Å². The molecule has 0 amide bonds. The Morgan fingerprint density at radius 3 is 2.58 bits per heavy atom. The summed E-state index contributed by atoms with van der Waals surface area (Å²) in [4.78, 5) is 13.7. The van der Waals surface area contributed by atoms with E-state index in [1.54, 1.807) is 6.92 Å². The second-order valence-electron chi connectivity index (χ2n) is 5.09. The fourth-order valence-electron chi connectivity index (χ4n) is 2.10. The van der Waals surface area contributed by atoms with Crippen molar-refractivity contribution in [1.82, 2.24) is 9.29 Å². The molecule has 1 aromatic rings. The molecule has 0 atom stereocenters. The number of pyridine rings is 1. The Hall–Kier alpha value is -1.34.